The van der Waals surface area contributed by atoms with Gasteiger partial charge in [-0.2, -0.15) is 0 Å². The maximum atomic E-state index is 12.0. The topological polar surface area (TPSA) is 92.3 Å². The molecule has 0 aliphatic rings. The van der Waals surface area contributed by atoms with Gasteiger partial charge in [-0.1, -0.05) is 18.2 Å². The SMILES string of the molecule is CC(=O)c1ccccc1NC(=O)CNc1cccc(S(C)(=O)=O)c1. The van der Waals surface area contributed by atoms with E-state index >= 15 is 0 Å². The van der Waals surface area contributed by atoms with E-state index in [1.807, 2.05) is 0 Å². The molecule has 1 amide bonds. The minimum atomic E-state index is -3.31. The monoisotopic (exact) mass is 346 g/mol. The van der Waals surface area contributed by atoms with E-state index in [9.17, 15) is 18.0 Å². The molecule has 0 radical (unpaired) electrons. The smallest absolute Gasteiger partial charge is 0.243 e. The van der Waals surface area contributed by atoms with Crippen LogP contribution >= 0.6 is 0 Å². The van der Waals surface area contributed by atoms with Gasteiger partial charge in [0.25, 0.3) is 0 Å². The molecule has 2 aromatic carbocycles. The molecular formula is C17H18N2O4S. The van der Waals surface area contributed by atoms with Gasteiger partial charge >= 0.3 is 0 Å². The molecule has 0 saturated carbocycles. The molecule has 0 atom stereocenters. The maximum Gasteiger partial charge on any atom is 0.243 e. The molecule has 24 heavy (non-hydrogen) atoms. The summed E-state index contributed by atoms with van der Waals surface area (Å²) in [5, 5.41) is 5.53. The fourth-order valence-corrected chi connectivity index (χ4v) is 2.78. The minimum Gasteiger partial charge on any atom is -0.376 e. The third-order valence-electron chi connectivity index (χ3n) is 3.30. The molecule has 126 valence electrons. The molecule has 2 rings (SSSR count). The normalized spacial score (nSPS) is 10.9. The Bertz CT molecular complexity index is 876. The van der Waals surface area contributed by atoms with E-state index in [0.29, 0.717) is 16.9 Å². The first kappa shape index (κ1) is 17.7. The quantitative estimate of drug-likeness (QED) is 0.783. The highest BCUT2D eigenvalue weighted by Crippen LogP contribution is 2.17. The Morgan fingerprint density at radius 2 is 1.75 bits per heavy atom. The number of hydrogen-bond donors (Lipinski definition) is 2. The molecule has 0 fully saturated rings. The highest BCUT2D eigenvalue weighted by Gasteiger charge is 2.10. The van der Waals surface area contributed by atoms with Crippen LogP contribution in [-0.4, -0.2) is 32.9 Å². The molecule has 6 nitrogen and oxygen atoms in total. The number of Topliss-reactive ketones (excluding diaryl/α,β-unsaturated/α-hetero) is 1. The van der Waals surface area contributed by atoms with Gasteiger partial charge in [0.15, 0.2) is 15.6 Å². The standard InChI is InChI=1S/C17H18N2O4S/c1-12(20)15-8-3-4-9-16(15)19-17(21)11-18-13-6-5-7-14(10-13)24(2,22)23/h3-10,18H,11H2,1-2H3,(H,19,21). The van der Waals surface area contributed by atoms with Gasteiger partial charge in [-0.3, -0.25) is 9.59 Å². The van der Waals surface area contributed by atoms with Gasteiger partial charge in [0.1, 0.15) is 0 Å². The van der Waals surface area contributed by atoms with E-state index in [-0.39, 0.29) is 23.1 Å². The zero-order valence-corrected chi connectivity index (χ0v) is 14.2. The molecule has 0 bridgehead atoms. The number of ketones is 1. The summed E-state index contributed by atoms with van der Waals surface area (Å²) in [6.07, 6.45) is 1.12. The van der Waals surface area contributed by atoms with Crippen molar-refractivity contribution < 1.29 is 18.0 Å². The van der Waals surface area contributed by atoms with Crippen molar-refractivity contribution in [3.8, 4) is 0 Å². The molecule has 0 aliphatic carbocycles. The maximum absolute atomic E-state index is 12.0. The number of anilines is 2. The van der Waals surface area contributed by atoms with Crippen LogP contribution in [0.4, 0.5) is 11.4 Å². The van der Waals surface area contributed by atoms with Gasteiger partial charge in [-0.15, -0.1) is 0 Å². The van der Waals surface area contributed by atoms with Crippen LogP contribution in [0.5, 0.6) is 0 Å². The van der Waals surface area contributed by atoms with Crippen molar-refractivity contribution in [2.24, 2.45) is 0 Å². The summed E-state index contributed by atoms with van der Waals surface area (Å²) >= 11 is 0. The van der Waals surface area contributed by atoms with E-state index in [4.69, 9.17) is 0 Å². The zero-order valence-electron chi connectivity index (χ0n) is 13.4. The summed E-state index contributed by atoms with van der Waals surface area (Å²) in [4.78, 5) is 23.7. The first-order valence-corrected chi connectivity index (χ1v) is 9.10. The van der Waals surface area contributed by atoms with Crippen LogP contribution in [0, 0.1) is 0 Å². The lowest BCUT2D eigenvalue weighted by Crippen LogP contribution is -2.22. The van der Waals surface area contributed by atoms with Crippen LogP contribution in [-0.2, 0) is 14.6 Å². The number of para-hydroxylation sites is 1. The summed E-state index contributed by atoms with van der Waals surface area (Å²) in [7, 11) is -3.31. The van der Waals surface area contributed by atoms with Crippen LogP contribution in [0.2, 0.25) is 0 Å². The molecule has 0 aromatic heterocycles. The molecule has 2 N–H and O–H groups in total. The molecular weight excluding hydrogens is 328 g/mol. The number of amides is 1. The molecule has 0 heterocycles. The second kappa shape index (κ2) is 7.27. The van der Waals surface area contributed by atoms with Crippen molar-refractivity contribution in [3.05, 3.63) is 54.1 Å². The third kappa shape index (κ3) is 4.66. The first-order valence-electron chi connectivity index (χ1n) is 7.21. The molecule has 2 aromatic rings. The number of rotatable bonds is 6. The van der Waals surface area contributed by atoms with Gasteiger partial charge in [-0.25, -0.2) is 8.42 Å². The Kier molecular flexibility index (Phi) is 5.35. The zero-order chi connectivity index (χ0) is 17.7. The number of nitrogens with one attached hydrogen (secondary N) is 2. The molecule has 7 heteroatoms. The average Bonchev–Trinajstić information content (AvgIpc) is 2.53. The predicted molar refractivity (Wildman–Crippen MR) is 93.1 cm³/mol. The summed E-state index contributed by atoms with van der Waals surface area (Å²) in [5.74, 6) is -0.479. The number of carbonyl (C=O) groups excluding carboxylic acids is 2. The number of sulfone groups is 1. The van der Waals surface area contributed by atoms with Gasteiger partial charge in [0.2, 0.25) is 5.91 Å². The largest absolute Gasteiger partial charge is 0.376 e. The lowest BCUT2D eigenvalue weighted by Gasteiger charge is -2.11. The van der Waals surface area contributed by atoms with E-state index in [2.05, 4.69) is 10.6 Å². The fourth-order valence-electron chi connectivity index (χ4n) is 2.11. The molecule has 0 unspecified atom stereocenters. The van der Waals surface area contributed by atoms with E-state index in [1.165, 1.54) is 19.1 Å². The van der Waals surface area contributed by atoms with Crippen molar-refractivity contribution >= 4 is 32.9 Å². The Hall–Kier alpha value is -2.67. The second-order valence-electron chi connectivity index (χ2n) is 5.30. The van der Waals surface area contributed by atoms with Gasteiger partial charge in [-0.05, 0) is 37.3 Å². The highest BCUT2D eigenvalue weighted by atomic mass is 32.2. The summed E-state index contributed by atoms with van der Waals surface area (Å²) in [6.45, 7) is 1.37. The van der Waals surface area contributed by atoms with Crippen LogP contribution in [0.1, 0.15) is 17.3 Å². The van der Waals surface area contributed by atoms with Crippen molar-refractivity contribution in [1.29, 1.82) is 0 Å². The highest BCUT2D eigenvalue weighted by molar-refractivity contribution is 7.90. The van der Waals surface area contributed by atoms with Crippen LogP contribution in [0.25, 0.3) is 0 Å². The Balaban J connectivity index is 2.03. The summed E-state index contributed by atoms with van der Waals surface area (Å²) in [6, 6.07) is 13.0. The van der Waals surface area contributed by atoms with Gasteiger partial charge < -0.3 is 10.6 Å². The van der Waals surface area contributed by atoms with Gasteiger partial charge in [0, 0.05) is 17.5 Å². The first-order chi connectivity index (χ1) is 11.3. The van der Waals surface area contributed by atoms with Crippen LogP contribution < -0.4 is 10.6 Å². The van der Waals surface area contributed by atoms with E-state index in [0.717, 1.165) is 6.26 Å². The lowest BCUT2D eigenvalue weighted by molar-refractivity contribution is -0.114. The van der Waals surface area contributed by atoms with Crippen LogP contribution in [0.15, 0.2) is 53.4 Å². The van der Waals surface area contributed by atoms with Crippen molar-refractivity contribution in [2.75, 3.05) is 23.4 Å². The molecule has 0 aliphatic heterocycles. The number of hydrogen-bond acceptors (Lipinski definition) is 5. The van der Waals surface area contributed by atoms with Crippen molar-refractivity contribution in [1.82, 2.24) is 0 Å². The predicted octanol–water partition coefficient (Wildman–Crippen LogP) is 2.34. The minimum absolute atomic E-state index is 0.0561. The fraction of sp³-hybridized carbons (Fsp3) is 0.176. The Labute approximate surface area is 140 Å². The van der Waals surface area contributed by atoms with Gasteiger partial charge in [0.05, 0.1) is 17.1 Å². The van der Waals surface area contributed by atoms with Crippen molar-refractivity contribution in [2.45, 2.75) is 11.8 Å². The molecule has 0 saturated heterocycles. The summed E-state index contributed by atoms with van der Waals surface area (Å²) in [5.41, 5.74) is 1.40. The average molecular weight is 346 g/mol. The van der Waals surface area contributed by atoms with E-state index in [1.54, 1.807) is 36.4 Å². The summed E-state index contributed by atoms with van der Waals surface area (Å²) < 4.78 is 23.1. The Morgan fingerprint density at radius 3 is 2.42 bits per heavy atom. The number of carbonyl (C=O) groups is 2. The van der Waals surface area contributed by atoms with Crippen molar-refractivity contribution in [3.63, 3.8) is 0 Å². The van der Waals surface area contributed by atoms with E-state index < -0.39 is 9.84 Å². The molecule has 0 spiro atoms. The van der Waals surface area contributed by atoms with Crippen LogP contribution in [0.3, 0.4) is 0 Å². The Morgan fingerprint density at radius 1 is 1.04 bits per heavy atom. The lowest BCUT2D eigenvalue weighted by atomic mass is 10.1. The second-order valence-corrected chi connectivity index (χ2v) is 7.32. The number of benzene rings is 2. The third-order valence-corrected chi connectivity index (χ3v) is 4.41.